The van der Waals surface area contributed by atoms with E-state index in [9.17, 15) is 18.0 Å². The van der Waals surface area contributed by atoms with Crippen molar-refractivity contribution in [2.24, 2.45) is 0 Å². The van der Waals surface area contributed by atoms with Crippen molar-refractivity contribution < 1.29 is 22.7 Å². The second-order valence-electron chi connectivity index (χ2n) is 6.33. The van der Waals surface area contributed by atoms with Gasteiger partial charge in [0.25, 0.3) is 0 Å². The van der Waals surface area contributed by atoms with Crippen LogP contribution in [0.5, 0.6) is 0 Å². The Balaban J connectivity index is 2.07. The third kappa shape index (κ3) is 2.65. The van der Waals surface area contributed by atoms with Crippen LogP contribution in [0.25, 0.3) is 0 Å². The molecule has 6 nitrogen and oxygen atoms in total. The Morgan fingerprint density at radius 1 is 1.17 bits per heavy atom. The number of carbonyl (C=O) groups excluding carboxylic acids is 2. The number of rotatable bonds is 2. The lowest BCUT2D eigenvalue weighted by atomic mass is 9.83. The predicted molar refractivity (Wildman–Crippen MR) is 82.2 cm³/mol. The lowest BCUT2D eigenvalue weighted by Gasteiger charge is -2.27. The highest BCUT2D eigenvalue weighted by Crippen LogP contribution is 2.42. The molecule has 122 valence electrons. The topological polar surface area (TPSA) is 89.5 Å². The first kappa shape index (κ1) is 15.7. The molecule has 0 saturated heterocycles. The van der Waals surface area contributed by atoms with E-state index in [1.807, 2.05) is 0 Å². The Labute approximate surface area is 134 Å². The van der Waals surface area contributed by atoms with Crippen LogP contribution in [-0.4, -0.2) is 32.2 Å². The summed E-state index contributed by atoms with van der Waals surface area (Å²) >= 11 is 0. The fourth-order valence-electron chi connectivity index (χ4n) is 3.01. The zero-order valence-corrected chi connectivity index (χ0v) is 13.9. The monoisotopic (exact) mass is 335 g/mol. The van der Waals surface area contributed by atoms with Crippen molar-refractivity contribution in [1.82, 2.24) is 5.32 Å². The second kappa shape index (κ2) is 4.92. The maximum atomic E-state index is 12.2. The highest BCUT2D eigenvalue weighted by molar-refractivity contribution is 7.90. The Hall–Kier alpha value is -2.15. The lowest BCUT2D eigenvalue weighted by Crippen LogP contribution is -2.38. The smallest absolute Gasteiger partial charge is 0.337 e. The first-order valence-electron chi connectivity index (χ1n) is 7.17. The molecule has 23 heavy (non-hydrogen) atoms. The molecule has 1 amide bonds. The maximum Gasteiger partial charge on any atom is 0.337 e. The summed E-state index contributed by atoms with van der Waals surface area (Å²) in [6, 6.07) is 6.26. The molecule has 1 aromatic carbocycles. The fraction of sp³-hybridized carbons (Fsp3) is 0.375. The van der Waals surface area contributed by atoms with E-state index in [1.165, 1.54) is 12.1 Å². The minimum atomic E-state index is -3.29. The Bertz CT molecular complexity index is 834. The van der Waals surface area contributed by atoms with E-state index < -0.39 is 27.3 Å². The molecule has 0 fully saturated rings. The van der Waals surface area contributed by atoms with E-state index >= 15 is 0 Å². The van der Waals surface area contributed by atoms with Crippen LogP contribution < -0.4 is 5.32 Å². The van der Waals surface area contributed by atoms with E-state index in [2.05, 4.69) is 5.32 Å². The normalized spacial score (nSPS) is 23.3. The van der Waals surface area contributed by atoms with Gasteiger partial charge in [0.2, 0.25) is 5.91 Å². The van der Waals surface area contributed by atoms with Crippen LogP contribution in [0.4, 0.5) is 0 Å². The zero-order valence-electron chi connectivity index (χ0n) is 13.0. The molecule has 2 aliphatic rings. The average Bonchev–Trinajstić information content (AvgIpc) is 2.67. The van der Waals surface area contributed by atoms with Crippen LogP contribution in [0.1, 0.15) is 31.7 Å². The van der Waals surface area contributed by atoms with Gasteiger partial charge in [0, 0.05) is 18.6 Å². The van der Waals surface area contributed by atoms with Crippen molar-refractivity contribution >= 4 is 21.7 Å². The van der Waals surface area contributed by atoms with E-state index in [4.69, 9.17) is 4.74 Å². The summed E-state index contributed by atoms with van der Waals surface area (Å²) in [5, 5.41) is 2.73. The third-order valence-corrected chi connectivity index (χ3v) is 5.28. The molecular formula is C16H17NO5S. The van der Waals surface area contributed by atoms with E-state index in [1.54, 1.807) is 26.0 Å². The van der Waals surface area contributed by atoms with Gasteiger partial charge in [-0.05, 0) is 31.5 Å². The third-order valence-electron chi connectivity index (χ3n) is 4.15. The molecule has 0 unspecified atom stereocenters. The molecule has 2 aliphatic heterocycles. The molecule has 0 radical (unpaired) electrons. The van der Waals surface area contributed by atoms with Gasteiger partial charge in [-0.25, -0.2) is 13.2 Å². The number of cyclic esters (lactones) is 1. The fourth-order valence-corrected chi connectivity index (χ4v) is 3.64. The van der Waals surface area contributed by atoms with Crippen LogP contribution in [0.15, 0.2) is 40.4 Å². The highest BCUT2D eigenvalue weighted by atomic mass is 32.2. The zero-order chi connectivity index (χ0) is 17.0. The minimum absolute atomic E-state index is 0.127. The summed E-state index contributed by atoms with van der Waals surface area (Å²) in [6.45, 7) is 3.45. The van der Waals surface area contributed by atoms with Gasteiger partial charge in [0.05, 0.1) is 16.2 Å². The number of hydrogen-bond donors (Lipinski definition) is 1. The van der Waals surface area contributed by atoms with Crippen molar-refractivity contribution in [3.8, 4) is 0 Å². The largest absolute Gasteiger partial charge is 0.450 e. The van der Waals surface area contributed by atoms with Gasteiger partial charge < -0.3 is 10.1 Å². The Morgan fingerprint density at radius 2 is 1.78 bits per heavy atom. The number of amides is 1. The molecule has 1 aromatic rings. The van der Waals surface area contributed by atoms with Gasteiger partial charge in [0.15, 0.2) is 9.84 Å². The van der Waals surface area contributed by atoms with Crippen LogP contribution in [0, 0.1) is 0 Å². The maximum absolute atomic E-state index is 12.2. The molecule has 3 rings (SSSR count). The van der Waals surface area contributed by atoms with Crippen LogP contribution in [0.2, 0.25) is 0 Å². The van der Waals surface area contributed by atoms with E-state index in [0.29, 0.717) is 11.3 Å². The quantitative estimate of drug-likeness (QED) is 0.823. The molecular weight excluding hydrogens is 318 g/mol. The van der Waals surface area contributed by atoms with Crippen molar-refractivity contribution in [2.75, 3.05) is 6.26 Å². The minimum Gasteiger partial charge on any atom is -0.450 e. The van der Waals surface area contributed by atoms with Gasteiger partial charge in [-0.1, -0.05) is 12.1 Å². The summed E-state index contributed by atoms with van der Waals surface area (Å²) in [6.07, 6.45) is 1.26. The molecule has 2 heterocycles. The van der Waals surface area contributed by atoms with Gasteiger partial charge >= 0.3 is 5.97 Å². The summed E-state index contributed by atoms with van der Waals surface area (Å²) in [5.41, 5.74) is 0.792. The number of carbonyl (C=O) groups is 2. The van der Waals surface area contributed by atoms with E-state index in [0.717, 1.165) is 11.8 Å². The molecule has 1 N–H and O–H groups in total. The molecule has 0 bridgehead atoms. The summed E-state index contributed by atoms with van der Waals surface area (Å²) in [4.78, 5) is 24.4. The van der Waals surface area contributed by atoms with Crippen LogP contribution >= 0.6 is 0 Å². The van der Waals surface area contributed by atoms with Crippen molar-refractivity contribution in [3.05, 3.63) is 41.1 Å². The van der Waals surface area contributed by atoms with Crippen molar-refractivity contribution in [1.29, 1.82) is 0 Å². The average molecular weight is 335 g/mol. The molecule has 0 aliphatic carbocycles. The van der Waals surface area contributed by atoms with Crippen LogP contribution in [0.3, 0.4) is 0 Å². The first-order chi connectivity index (χ1) is 10.6. The Morgan fingerprint density at radius 3 is 2.35 bits per heavy atom. The number of benzene rings is 1. The molecule has 7 heteroatoms. The van der Waals surface area contributed by atoms with Gasteiger partial charge in [-0.2, -0.15) is 0 Å². The number of ether oxygens (including phenoxy) is 1. The SMILES string of the molecule is CC1(C)OC(=O)C2=C1NC(=O)C[C@H]2c1ccc(S(C)(=O)=O)cc1. The second-order valence-corrected chi connectivity index (χ2v) is 8.35. The first-order valence-corrected chi connectivity index (χ1v) is 9.06. The summed E-state index contributed by atoms with van der Waals surface area (Å²) in [5.74, 6) is -1.06. The molecule has 0 spiro atoms. The van der Waals surface area contributed by atoms with Crippen LogP contribution in [-0.2, 0) is 24.2 Å². The highest BCUT2D eigenvalue weighted by Gasteiger charge is 2.47. The summed E-state index contributed by atoms with van der Waals surface area (Å²) in [7, 11) is -3.29. The predicted octanol–water partition coefficient (Wildman–Crippen LogP) is 1.28. The van der Waals surface area contributed by atoms with Gasteiger partial charge in [-0.15, -0.1) is 0 Å². The number of esters is 1. The number of sulfone groups is 1. The van der Waals surface area contributed by atoms with Crippen molar-refractivity contribution in [2.45, 2.75) is 36.7 Å². The summed E-state index contributed by atoms with van der Waals surface area (Å²) < 4.78 is 28.4. The molecule has 0 saturated carbocycles. The molecule has 0 aromatic heterocycles. The molecule has 1 atom stereocenters. The van der Waals surface area contributed by atoms with E-state index in [-0.39, 0.29) is 17.2 Å². The van der Waals surface area contributed by atoms with Gasteiger partial charge in [0.1, 0.15) is 5.60 Å². The lowest BCUT2D eigenvalue weighted by molar-refractivity contribution is -0.144. The number of hydrogen-bond acceptors (Lipinski definition) is 5. The van der Waals surface area contributed by atoms with Crippen molar-refractivity contribution in [3.63, 3.8) is 0 Å². The number of nitrogens with one attached hydrogen (secondary N) is 1. The standard InChI is InChI=1S/C16H17NO5S/c1-16(2)14-13(15(19)22-16)11(8-12(18)17-14)9-4-6-10(7-5-9)23(3,20)21/h4-7,11H,8H2,1-3H3,(H,17,18)/t11-/m0/s1. The van der Waals surface area contributed by atoms with Gasteiger partial charge in [-0.3, -0.25) is 4.79 Å². The Kier molecular flexibility index (Phi) is 3.37.